The third-order valence-corrected chi connectivity index (χ3v) is 2.77. The van der Waals surface area contributed by atoms with Crippen LogP contribution in [0.5, 0.6) is 0 Å². The molecule has 0 aliphatic rings. The van der Waals surface area contributed by atoms with E-state index in [1.807, 2.05) is 0 Å². The molecule has 0 aliphatic heterocycles. The SMILES string of the molecule is O=C(Nc1ccc(-n2cncn2)nc1)c1ccc(F)cc1. The number of halogens is 1. The molecule has 2 heterocycles. The number of carbonyl (C=O) groups excluding carboxylic acids is 1. The molecule has 0 saturated carbocycles. The van der Waals surface area contributed by atoms with Crippen LogP contribution < -0.4 is 5.32 Å². The Hall–Kier alpha value is -3.09. The van der Waals surface area contributed by atoms with Gasteiger partial charge in [-0.1, -0.05) is 0 Å². The highest BCUT2D eigenvalue weighted by molar-refractivity contribution is 6.04. The van der Waals surface area contributed by atoms with Gasteiger partial charge in [0.2, 0.25) is 0 Å². The van der Waals surface area contributed by atoms with Gasteiger partial charge in [0.1, 0.15) is 18.5 Å². The molecule has 0 bridgehead atoms. The van der Waals surface area contributed by atoms with Crippen molar-refractivity contribution in [3.8, 4) is 5.82 Å². The van der Waals surface area contributed by atoms with Crippen molar-refractivity contribution < 1.29 is 9.18 Å². The van der Waals surface area contributed by atoms with Crippen molar-refractivity contribution in [3.63, 3.8) is 0 Å². The monoisotopic (exact) mass is 283 g/mol. The molecular weight excluding hydrogens is 273 g/mol. The van der Waals surface area contributed by atoms with Crippen LogP contribution in [0, 0.1) is 5.82 Å². The van der Waals surface area contributed by atoms with Crippen LogP contribution in [-0.2, 0) is 0 Å². The van der Waals surface area contributed by atoms with Crippen molar-refractivity contribution in [2.75, 3.05) is 5.32 Å². The summed E-state index contributed by atoms with van der Waals surface area (Å²) in [5.74, 6) is -0.122. The van der Waals surface area contributed by atoms with E-state index in [0.717, 1.165) is 0 Å². The van der Waals surface area contributed by atoms with E-state index in [-0.39, 0.29) is 11.7 Å². The Balaban J connectivity index is 1.73. The molecule has 1 N–H and O–H groups in total. The van der Waals surface area contributed by atoms with E-state index in [2.05, 4.69) is 20.4 Å². The smallest absolute Gasteiger partial charge is 0.255 e. The molecule has 3 aromatic rings. The van der Waals surface area contributed by atoms with Crippen LogP contribution in [0.1, 0.15) is 10.4 Å². The molecule has 0 atom stereocenters. The quantitative estimate of drug-likeness (QED) is 0.798. The minimum absolute atomic E-state index is 0.328. The minimum atomic E-state index is -0.384. The van der Waals surface area contributed by atoms with Crippen LogP contribution in [0.3, 0.4) is 0 Å². The standard InChI is InChI=1S/C14H10FN5O/c15-11-3-1-10(2-4-11)14(21)19-12-5-6-13(17-7-12)20-9-16-8-18-20/h1-9H,(H,19,21). The molecule has 104 valence electrons. The van der Waals surface area contributed by atoms with E-state index in [0.29, 0.717) is 17.1 Å². The number of anilines is 1. The zero-order chi connectivity index (χ0) is 14.7. The molecule has 7 heteroatoms. The van der Waals surface area contributed by atoms with Crippen LogP contribution >= 0.6 is 0 Å². The first-order valence-electron chi connectivity index (χ1n) is 6.10. The Labute approximate surface area is 119 Å². The first-order chi connectivity index (χ1) is 10.2. The number of rotatable bonds is 3. The fraction of sp³-hybridized carbons (Fsp3) is 0. The van der Waals surface area contributed by atoms with E-state index >= 15 is 0 Å². The second-order valence-corrected chi connectivity index (χ2v) is 4.21. The zero-order valence-electron chi connectivity index (χ0n) is 10.8. The molecule has 2 aromatic heterocycles. The molecule has 1 aromatic carbocycles. The van der Waals surface area contributed by atoms with Gasteiger partial charge in [-0.2, -0.15) is 5.10 Å². The third-order valence-electron chi connectivity index (χ3n) is 2.77. The second kappa shape index (κ2) is 5.49. The van der Waals surface area contributed by atoms with Gasteiger partial charge in [-0.15, -0.1) is 0 Å². The lowest BCUT2D eigenvalue weighted by atomic mass is 10.2. The Bertz CT molecular complexity index is 738. The second-order valence-electron chi connectivity index (χ2n) is 4.21. The van der Waals surface area contributed by atoms with Gasteiger partial charge in [-0.25, -0.2) is 19.0 Å². The topological polar surface area (TPSA) is 72.7 Å². The van der Waals surface area contributed by atoms with Crippen molar-refractivity contribution in [2.24, 2.45) is 0 Å². The summed E-state index contributed by atoms with van der Waals surface area (Å²) in [7, 11) is 0. The molecule has 0 fully saturated rings. The molecule has 0 saturated heterocycles. The van der Waals surface area contributed by atoms with E-state index in [9.17, 15) is 9.18 Å². The van der Waals surface area contributed by atoms with Crippen LogP contribution in [0.2, 0.25) is 0 Å². The summed E-state index contributed by atoms with van der Waals surface area (Å²) >= 11 is 0. The van der Waals surface area contributed by atoms with Crippen LogP contribution in [0.4, 0.5) is 10.1 Å². The zero-order valence-corrected chi connectivity index (χ0v) is 10.8. The molecule has 1 amide bonds. The Morgan fingerprint density at radius 3 is 2.57 bits per heavy atom. The number of pyridine rings is 1. The maximum absolute atomic E-state index is 12.8. The van der Waals surface area contributed by atoms with Crippen molar-refractivity contribution in [3.05, 3.63) is 66.6 Å². The van der Waals surface area contributed by atoms with Crippen molar-refractivity contribution in [2.45, 2.75) is 0 Å². The predicted octanol–water partition coefficient (Wildman–Crippen LogP) is 2.05. The van der Waals surface area contributed by atoms with Gasteiger partial charge in [-0.05, 0) is 36.4 Å². The Morgan fingerprint density at radius 2 is 1.95 bits per heavy atom. The lowest BCUT2D eigenvalue weighted by Gasteiger charge is -2.06. The molecule has 6 nitrogen and oxygen atoms in total. The van der Waals surface area contributed by atoms with Crippen molar-refractivity contribution >= 4 is 11.6 Å². The maximum Gasteiger partial charge on any atom is 0.255 e. The molecule has 3 rings (SSSR count). The first-order valence-corrected chi connectivity index (χ1v) is 6.10. The van der Waals surface area contributed by atoms with E-state index in [1.54, 1.807) is 12.1 Å². The number of amides is 1. The average molecular weight is 283 g/mol. The van der Waals surface area contributed by atoms with Gasteiger partial charge < -0.3 is 5.32 Å². The predicted molar refractivity (Wildman–Crippen MR) is 73.5 cm³/mol. The number of nitrogens with one attached hydrogen (secondary N) is 1. The minimum Gasteiger partial charge on any atom is -0.321 e. The lowest BCUT2D eigenvalue weighted by Crippen LogP contribution is -2.12. The summed E-state index contributed by atoms with van der Waals surface area (Å²) in [6, 6.07) is 8.71. The molecule has 0 spiro atoms. The first kappa shape index (κ1) is 12.9. The lowest BCUT2D eigenvalue weighted by molar-refractivity contribution is 0.102. The summed E-state index contributed by atoms with van der Waals surface area (Å²) < 4.78 is 14.3. The normalized spacial score (nSPS) is 10.3. The Kier molecular flexibility index (Phi) is 3.38. The van der Waals surface area contributed by atoms with Crippen molar-refractivity contribution in [1.29, 1.82) is 0 Å². The molecule has 0 unspecified atom stereocenters. The number of benzene rings is 1. The van der Waals surface area contributed by atoms with Crippen LogP contribution in [0.15, 0.2) is 55.2 Å². The number of nitrogens with zero attached hydrogens (tertiary/aromatic N) is 4. The number of aromatic nitrogens is 4. The highest BCUT2D eigenvalue weighted by atomic mass is 19.1. The van der Waals surface area contributed by atoms with Gasteiger partial charge in [-0.3, -0.25) is 4.79 Å². The van der Waals surface area contributed by atoms with Gasteiger partial charge >= 0.3 is 0 Å². The molecule has 0 aliphatic carbocycles. The van der Waals surface area contributed by atoms with E-state index < -0.39 is 0 Å². The summed E-state index contributed by atoms with van der Waals surface area (Å²) in [6.07, 6.45) is 4.45. The molecular formula is C14H10FN5O. The fourth-order valence-corrected chi connectivity index (χ4v) is 1.73. The van der Waals surface area contributed by atoms with E-state index in [1.165, 1.54) is 47.8 Å². The summed E-state index contributed by atoms with van der Waals surface area (Å²) in [5, 5.41) is 6.63. The van der Waals surface area contributed by atoms with Crippen LogP contribution in [-0.4, -0.2) is 25.7 Å². The van der Waals surface area contributed by atoms with Crippen LogP contribution in [0.25, 0.3) is 5.82 Å². The number of hydrogen-bond donors (Lipinski definition) is 1. The largest absolute Gasteiger partial charge is 0.321 e. The van der Waals surface area contributed by atoms with Gasteiger partial charge in [0.05, 0.1) is 11.9 Å². The van der Waals surface area contributed by atoms with Gasteiger partial charge in [0, 0.05) is 5.56 Å². The highest BCUT2D eigenvalue weighted by Gasteiger charge is 2.07. The maximum atomic E-state index is 12.8. The molecule has 0 radical (unpaired) electrons. The van der Waals surface area contributed by atoms with Crippen molar-refractivity contribution in [1.82, 2.24) is 19.7 Å². The fourth-order valence-electron chi connectivity index (χ4n) is 1.73. The average Bonchev–Trinajstić information content (AvgIpc) is 3.03. The van der Waals surface area contributed by atoms with Gasteiger partial charge in [0.15, 0.2) is 5.82 Å². The third kappa shape index (κ3) is 2.92. The van der Waals surface area contributed by atoms with E-state index in [4.69, 9.17) is 0 Å². The summed E-state index contributed by atoms with van der Waals surface area (Å²) in [6.45, 7) is 0. The number of hydrogen-bond acceptors (Lipinski definition) is 4. The summed E-state index contributed by atoms with van der Waals surface area (Å²) in [4.78, 5) is 19.9. The number of carbonyl (C=O) groups is 1. The highest BCUT2D eigenvalue weighted by Crippen LogP contribution is 2.11. The van der Waals surface area contributed by atoms with Gasteiger partial charge in [0.25, 0.3) is 5.91 Å². The molecule has 21 heavy (non-hydrogen) atoms. The Morgan fingerprint density at radius 1 is 1.14 bits per heavy atom. The summed E-state index contributed by atoms with van der Waals surface area (Å²) in [5.41, 5.74) is 0.907.